The van der Waals surface area contributed by atoms with Crippen molar-refractivity contribution in [1.82, 2.24) is 14.8 Å². The van der Waals surface area contributed by atoms with Gasteiger partial charge in [0.15, 0.2) is 0 Å². The zero-order valence-electron chi connectivity index (χ0n) is 15.8. The second-order valence-corrected chi connectivity index (χ2v) is 7.18. The van der Waals surface area contributed by atoms with Gasteiger partial charge < -0.3 is 19.5 Å². The normalized spacial score (nSPS) is 21.0. The molecule has 3 rings (SSSR count). The van der Waals surface area contributed by atoms with Gasteiger partial charge in [-0.2, -0.15) is 0 Å². The molecule has 2 fully saturated rings. The number of nitrogens with zero attached hydrogens (tertiary/aromatic N) is 2. The highest BCUT2D eigenvalue weighted by atomic mass is 16.5. The minimum Gasteiger partial charge on any atom is -0.368 e. The van der Waals surface area contributed by atoms with E-state index in [2.05, 4.69) is 4.98 Å². The van der Waals surface area contributed by atoms with Gasteiger partial charge in [-0.25, -0.2) is 0 Å². The number of ether oxygens (including phenoxy) is 1. The van der Waals surface area contributed by atoms with Crippen LogP contribution in [0.5, 0.6) is 0 Å². The van der Waals surface area contributed by atoms with Gasteiger partial charge in [0.2, 0.25) is 0 Å². The van der Waals surface area contributed by atoms with E-state index in [0.717, 1.165) is 29.7 Å². The highest BCUT2D eigenvalue weighted by Crippen LogP contribution is 2.18. The summed E-state index contributed by atoms with van der Waals surface area (Å²) < 4.78 is 5.49. The van der Waals surface area contributed by atoms with Crippen molar-refractivity contribution < 1.29 is 14.3 Å². The lowest BCUT2D eigenvalue weighted by atomic mass is 10.0. The lowest BCUT2D eigenvalue weighted by Crippen LogP contribution is -2.42. The fourth-order valence-electron chi connectivity index (χ4n) is 3.70. The first kappa shape index (κ1) is 18.6. The molecule has 0 spiro atoms. The van der Waals surface area contributed by atoms with Crippen molar-refractivity contribution in [2.75, 3.05) is 32.8 Å². The Morgan fingerprint density at radius 3 is 2.38 bits per heavy atom. The van der Waals surface area contributed by atoms with Gasteiger partial charge in [0.25, 0.3) is 17.4 Å². The Morgan fingerprint density at radius 1 is 1.00 bits per heavy atom. The third kappa shape index (κ3) is 3.53. The molecule has 1 atom stereocenters. The number of carbonyl (C=O) groups is 2. The number of carbonyl (C=O) groups excluding carboxylic acids is 2. The molecule has 7 heteroatoms. The SMILES string of the molecule is Cc1[nH]c(=O)c(C(=O)N2CCCN(C(=O)C3CCCO3)CC2)c(C)c1C. The van der Waals surface area contributed by atoms with E-state index in [9.17, 15) is 14.4 Å². The van der Waals surface area contributed by atoms with E-state index in [1.807, 2.05) is 20.8 Å². The summed E-state index contributed by atoms with van der Waals surface area (Å²) >= 11 is 0. The number of aromatic nitrogens is 1. The van der Waals surface area contributed by atoms with Crippen molar-refractivity contribution in [3.63, 3.8) is 0 Å². The van der Waals surface area contributed by atoms with Crippen LogP contribution in [0.4, 0.5) is 0 Å². The maximum Gasteiger partial charge on any atom is 0.261 e. The molecule has 2 amide bonds. The molecule has 1 unspecified atom stereocenters. The molecule has 3 heterocycles. The number of aromatic amines is 1. The van der Waals surface area contributed by atoms with Gasteiger partial charge in [0.1, 0.15) is 11.7 Å². The maximum atomic E-state index is 13.0. The lowest BCUT2D eigenvalue weighted by Gasteiger charge is -2.24. The molecule has 2 aliphatic rings. The van der Waals surface area contributed by atoms with Crippen LogP contribution in [0.25, 0.3) is 0 Å². The summed E-state index contributed by atoms with van der Waals surface area (Å²) in [6, 6.07) is 0. The third-order valence-electron chi connectivity index (χ3n) is 5.54. The Kier molecular flexibility index (Phi) is 5.46. The Hall–Kier alpha value is -2.15. The first-order valence-electron chi connectivity index (χ1n) is 9.30. The number of hydrogen-bond donors (Lipinski definition) is 1. The summed E-state index contributed by atoms with van der Waals surface area (Å²) in [5, 5.41) is 0. The molecule has 2 aliphatic heterocycles. The van der Waals surface area contributed by atoms with E-state index in [0.29, 0.717) is 39.2 Å². The third-order valence-corrected chi connectivity index (χ3v) is 5.54. The van der Waals surface area contributed by atoms with Crippen LogP contribution >= 0.6 is 0 Å². The van der Waals surface area contributed by atoms with E-state index in [4.69, 9.17) is 4.74 Å². The van der Waals surface area contributed by atoms with E-state index < -0.39 is 0 Å². The molecule has 0 radical (unpaired) electrons. The quantitative estimate of drug-likeness (QED) is 0.857. The highest BCUT2D eigenvalue weighted by Gasteiger charge is 2.31. The maximum absolute atomic E-state index is 13.0. The molecule has 0 aliphatic carbocycles. The second-order valence-electron chi connectivity index (χ2n) is 7.18. The van der Waals surface area contributed by atoms with Crippen molar-refractivity contribution in [2.45, 2.75) is 46.1 Å². The molecule has 7 nitrogen and oxygen atoms in total. The molecule has 0 saturated carbocycles. The monoisotopic (exact) mass is 361 g/mol. The lowest BCUT2D eigenvalue weighted by molar-refractivity contribution is -0.140. The Labute approximate surface area is 153 Å². The Bertz CT molecular complexity index is 765. The summed E-state index contributed by atoms with van der Waals surface area (Å²) in [5.74, 6) is -0.227. The summed E-state index contributed by atoms with van der Waals surface area (Å²) in [6.07, 6.45) is 2.06. The molecular formula is C19H27N3O4. The van der Waals surface area contributed by atoms with Crippen molar-refractivity contribution in [2.24, 2.45) is 0 Å². The topological polar surface area (TPSA) is 82.7 Å². The second kappa shape index (κ2) is 7.61. The van der Waals surface area contributed by atoms with Crippen LogP contribution in [0.2, 0.25) is 0 Å². The van der Waals surface area contributed by atoms with Gasteiger partial charge in [0, 0.05) is 38.5 Å². The van der Waals surface area contributed by atoms with Crippen LogP contribution in [0.1, 0.15) is 46.4 Å². The molecule has 1 N–H and O–H groups in total. The Balaban J connectivity index is 1.73. The van der Waals surface area contributed by atoms with Gasteiger partial charge in [-0.15, -0.1) is 0 Å². The molecular weight excluding hydrogens is 334 g/mol. The molecule has 1 aromatic heterocycles. The summed E-state index contributed by atoms with van der Waals surface area (Å²) in [4.78, 5) is 44.1. The van der Waals surface area contributed by atoms with E-state index in [1.54, 1.807) is 9.80 Å². The van der Waals surface area contributed by atoms with E-state index in [-0.39, 0.29) is 29.0 Å². The van der Waals surface area contributed by atoms with Crippen LogP contribution < -0.4 is 5.56 Å². The summed E-state index contributed by atoms with van der Waals surface area (Å²) in [7, 11) is 0. The average Bonchev–Trinajstić information content (AvgIpc) is 3.03. The smallest absolute Gasteiger partial charge is 0.261 e. The molecule has 142 valence electrons. The van der Waals surface area contributed by atoms with Gasteiger partial charge >= 0.3 is 0 Å². The van der Waals surface area contributed by atoms with E-state index >= 15 is 0 Å². The molecule has 2 saturated heterocycles. The minimum absolute atomic E-state index is 0.0250. The van der Waals surface area contributed by atoms with Gasteiger partial charge in [0.05, 0.1) is 0 Å². The number of hydrogen-bond acceptors (Lipinski definition) is 4. The zero-order valence-corrected chi connectivity index (χ0v) is 15.8. The summed E-state index contributed by atoms with van der Waals surface area (Å²) in [6.45, 7) is 8.26. The van der Waals surface area contributed by atoms with Crippen LogP contribution in [0.15, 0.2) is 4.79 Å². The number of H-pyrrole nitrogens is 1. The standard InChI is InChI=1S/C19H27N3O4/c1-12-13(2)16(17(23)20-14(12)3)19(25)22-8-5-7-21(9-10-22)18(24)15-6-4-11-26-15/h15H,4-11H2,1-3H3,(H,20,23). The number of amides is 2. The van der Waals surface area contributed by atoms with Crippen molar-refractivity contribution in [3.05, 3.63) is 32.7 Å². The first-order chi connectivity index (χ1) is 12.4. The van der Waals surface area contributed by atoms with Crippen LogP contribution in [0.3, 0.4) is 0 Å². The highest BCUT2D eigenvalue weighted by molar-refractivity contribution is 5.95. The summed E-state index contributed by atoms with van der Waals surface area (Å²) in [5.41, 5.74) is 2.32. The van der Waals surface area contributed by atoms with Gasteiger partial charge in [-0.1, -0.05) is 0 Å². The average molecular weight is 361 g/mol. The fraction of sp³-hybridized carbons (Fsp3) is 0.632. The molecule has 0 aromatic carbocycles. The molecule has 26 heavy (non-hydrogen) atoms. The predicted octanol–water partition coefficient (Wildman–Crippen LogP) is 1.15. The first-order valence-corrected chi connectivity index (χ1v) is 9.30. The Morgan fingerprint density at radius 2 is 1.69 bits per heavy atom. The zero-order chi connectivity index (χ0) is 18.8. The van der Waals surface area contributed by atoms with Crippen molar-refractivity contribution >= 4 is 11.8 Å². The van der Waals surface area contributed by atoms with E-state index in [1.165, 1.54) is 0 Å². The van der Waals surface area contributed by atoms with Gasteiger partial charge in [-0.3, -0.25) is 14.4 Å². The van der Waals surface area contributed by atoms with Crippen molar-refractivity contribution in [1.29, 1.82) is 0 Å². The largest absolute Gasteiger partial charge is 0.368 e. The number of pyridine rings is 1. The molecule has 0 bridgehead atoms. The minimum atomic E-state index is -0.341. The fourth-order valence-corrected chi connectivity index (χ4v) is 3.70. The number of rotatable bonds is 2. The van der Waals surface area contributed by atoms with Crippen LogP contribution in [0, 0.1) is 20.8 Å². The predicted molar refractivity (Wildman–Crippen MR) is 97.3 cm³/mol. The van der Waals surface area contributed by atoms with Crippen LogP contribution in [-0.2, 0) is 9.53 Å². The van der Waals surface area contributed by atoms with Crippen molar-refractivity contribution in [3.8, 4) is 0 Å². The van der Waals surface area contributed by atoms with Gasteiger partial charge in [-0.05, 0) is 51.2 Å². The number of aryl methyl sites for hydroxylation is 1. The molecule has 1 aromatic rings. The van der Waals surface area contributed by atoms with Crippen LogP contribution in [-0.4, -0.2) is 65.5 Å². The number of nitrogens with one attached hydrogen (secondary N) is 1.